The smallest absolute Gasteiger partial charge is 0.213 e. The van der Waals surface area contributed by atoms with Gasteiger partial charge in [-0.3, -0.25) is 0 Å². The molecule has 0 aliphatic rings. The largest absolute Gasteiger partial charge is 0.478 e. The maximum Gasteiger partial charge on any atom is 0.213 e. The van der Waals surface area contributed by atoms with Crippen LogP contribution < -0.4 is 10.5 Å². The summed E-state index contributed by atoms with van der Waals surface area (Å²) in [6.07, 6.45) is 6.64. The molecule has 0 saturated carbocycles. The summed E-state index contributed by atoms with van der Waals surface area (Å²) in [4.78, 5) is 4.17. The van der Waals surface area contributed by atoms with Crippen molar-refractivity contribution < 1.29 is 4.74 Å². The quantitative estimate of drug-likeness (QED) is 0.700. The van der Waals surface area contributed by atoms with Gasteiger partial charge in [-0.25, -0.2) is 4.98 Å². The number of pyridine rings is 1. The van der Waals surface area contributed by atoms with Gasteiger partial charge in [0.25, 0.3) is 0 Å². The molecule has 0 radical (unpaired) electrons. The lowest BCUT2D eigenvalue weighted by molar-refractivity contribution is 0.293. The number of nitrogens with zero attached hydrogens (tertiary/aromatic N) is 1. The van der Waals surface area contributed by atoms with E-state index in [4.69, 9.17) is 10.5 Å². The van der Waals surface area contributed by atoms with Gasteiger partial charge in [-0.2, -0.15) is 0 Å². The first-order chi connectivity index (χ1) is 7.36. The van der Waals surface area contributed by atoms with Gasteiger partial charge in [0, 0.05) is 18.8 Å². The molecule has 0 bridgehead atoms. The fraction of sp³-hybridized carbons (Fsp3) is 0.583. The summed E-state index contributed by atoms with van der Waals surface area (Å²) in [6.45, 7) is 3.49. The molecule has 0 spiro atoms. The minimum absolute atomic E-state index is 0.532. The maximum atomic E-state index is 5.50. The molecule has 1 heterocycles. The third kappa shape index (κ3) is 4.79. The average Bonchev–Trinajstić information content (AvgIpc) is 2.30. The number of unbranched alkanes of at least 4 members (excludes halogenated alkanes) is 3. The van der Waals surface area contributed by atoms with E-state index in [1.807, 2.05) is 12.1 Å². The van der Waals surface area contributed by atoms with E-state index in [0.717, 1.165) is 18.6 Å². The standard InChI is InChI=1S/C12H20N2O/c1-2-3-4-5-8-15-12-7-6-11(9-13)10-14-12/h6-7,10H,2-5,8-9,13H2,1H3. The van der Waals surface area contributed by atoms with Gasteiger partial charge in [0.2, 0.25) is 5.88 Å². The van der Waals surface area contributed by atoms with Crippen LogP contribution in [0.2, 0.25) is 0 Å². The van der Waals surface area contributed by atoms with Crippen LogP contribution >= 0.6 is 0 Å². The van der Waals surface area contributed by atoms with Gasteiger partial charge < -0.3 is 10.5 Å². The third-order valence-electron chi connectivity index (χ3n) is 2.28. The molecule has 1 aromatic rings. The third-order valence-corrected chi connectivity index (χ3v) is 2.28. The van der Waals surface area contributed by atoms with Gasteiger partial charge in [-0.15, -0.1) is 0 Å². The van der Waals surface area contributed by atoms with E-state index in [2.05, 4.69) is 11.9 Å². The Morgan fingerprint density at radius 1 is 1.27 bits per heavy atom. The lowest BCUT2D eigenvalue weighted by Crippen LogP contribution is -2.01. The number of ether oxygens (including phenoxy) is 1. The van der Waals surface area contributed by atoms with Crippen molar-refractivity contribution in [3.63, 3.8) is 0 Å². The Kier molecular flexibility index (Phi) is 5.78. The Morgan fingerprint density at radius 2 is 2.13 bits per heavy atom. The molecule has 3 nitrogen and oxygen atoms in total. The second-order valence-corrected chi connectivity index (χ2v) is 3.62. The molecule has 0 aliphatic heterocycles. The highest BCUT2D eigenvalue weighted by atomic mass is 16.5. The molecule has 0 amide bonds. The van der Waals surface area contributed by atoms with Gasteiger partial charge in [0.05, 0.1) is 6.61 Å². The van der Waals surface area contributed by atoms with Crippen LogP contribution in [-0.4, -0.2) is 11.6 Å². The second-order valence-electron chi connectivity index (χ2n) is 3.62. The Labute approximate surface area is 91.7 Å². The molecule has 0 aliphatic carbocycles. The summed E-state index contributed by atoms with van der Waals surface area (Å²) in [5.41, 5.74) is 6.51. The monoisotopic (exact) mass is 208 g/mol. The molecule has 15 heavy (non-hydrogen) atoms. The molecular formula is C12H20N2O. The van der Waals surface area contributed by atoms with Crippen LogP contribution in [0.1, 0.15) is 38.2 Å². The molecule has 3 heteroatoms. The number of hydrogen-bond donors (Lipinski definition) is 1. The van der Waals surface area contributed by atoms with E-state index in [1.165, 1.54) is 19.3 Å². The van der Waals surface area contributed by atoms with Gasteiger partial charge in [0.15, 0.2) is 0 Å². The van der Waals surface area contributed by atoms with Crippen molar-refractivity contribution in [3.05, 3.63) is 23.9 Å². The fourth-order valence-corrected chi connectivity index (χ4v) is 1.32. The summed E-state index contributed by atoms with van der Waals surface area (Å²) in [5.74, 6) is 0.698. The van der Waals surface area contributed by atoms with Crippen molar-refractivity contribution in [3.8, 4) is 5.88 Å². The van der Waals surface area contributed by atoms with E-state index >= 15 is 0 Å². The molecule has 0 aromatic carbocycles. The van der Waals surface area contributed by atoms with Crippen molar-refractivity contribution in [1.82, 2.24) is 4.98 Å². The van der Waals surface area contributed by atoms with E-state index in [0.29, 0.717) is 12.4 Å². The number of hydrogen-bond acceptors (Lipinski definition) is 3. The maximum absolute atomic E-state index is 5.50. The molecule has 0 atom stereocenters. The Balaban J connectivity index is 2.20. The molecule has 1 rings (SSSR count). The normalized spacial score (nSPS) is 10.3. The van der Waals surface area contributed by atoms with Gasteiger partial charge >= 0.3 is 0 Å². The molecule has 2 N–H and O–H groups in total. The van der Waals surface area contributed by atoms with Crippen LogP contribution in [-0.2, 0) is 6.54 Å². The van der Waals surface area contributed by atoms with Crippen molar-refractivity contribution in [2.24, 2.45) is 5.73 Å². The summed E-state index contributed by atoms with van der Waals surface area (Å²) >= 11 is 0. The van der Waals surface area contributed by atoms with Crippen molar-refractivity contribution in [1.29, 1.82) is 0 Å². The SMILES string of the molecule is CCCCCCOc1ccc(CN)cn1. The summed E-state index contributed by atoms with van der Waals surface area (Å²) in [5, 5.41) is 0. The average molecular weight is 208 g/mol. The molecule has 84 valence electrons. The van der Waals surface area contributed by atoms with E-state index in [1.54, 1.807) is 6.20 Å². The highest BCUT2D eigenvalue weighted by Gasteiger charge is 1.95. The first-order valence-corrected chi connectivity index (χ1v) is 5.64. The molecule has 1 aromatic heterocycles. The van der Waals surface area contributed by atoms with Crippen LogP contribution in [0, 0.1) is 0 Å². The molecule has 0 fully saturated rings. The zero-order valence-corrected chi connectivity index (χ0v) is 9.41. The fourth-order valence-electron chi connectivity index (χ4n) is 1.32. The van der Waals surface area contributed by atoms with E-state index in [9.17, 15) is 0 Å². The van der Waals surface area contributed by atoms with Crippen LogP contribution in [0.5, 0.6) is 5.88 Å². The van der Waals surface area contributed by atoms with Crippen LogP contribution in [0.25, 0.3) is 0 Å². The predicted molar refractivity (Wildman–Crippen MR) is 61.8 cm³/mol. The molecule has 0 saturated heterocycles. The lowest BCUT2D eigenvalue weighted by Gasteiger charge is -2.05. The number of rotatable bonds is 7. The van der Waals surface area contributed by atoms with Gasteiger partial charge in [-0.1, -0.05) is 32.3 Å². The van der Waals surface area contributed by atoms with E-state index < -0.39 is 0 Å². The first-order valence-electron chi connectivity index (χ1n) is 5.64. The molecular weight excluding hydrogens is 188 g/mol. The molecule has 0 unspecified atom stereocenters. The zero-order chi connectivity index (χ0) is 10.9. The predicted octanol–water partition coefficient (Wildman–Crippen LogP) is 2.50. The summed E-state index contributed by atoms with van der Waals surface area (Å²) in [7, 11) is 0. The Bertz CT molecular complexity index is 259. The summed E-state index contributed by atoms with van der Waals surface area (Å²) in [6, 6.07) is 3.83. The van der Waals surface area contributed by atoms with Crippen molar-refractivity contribution in [2.45, 2.75) is 39.2 Å². The highest BCUT2D eigenvalue weighted by Crippen LogP contribution is 2.08. The van der Waals surface area contributed by atoms with Crippen molar-refractivity contribution >= 4 is 0 Å². The van der Waals surface area contributed by atoms with Gasteiger partial charge in [0.1, 0.15) is 0 Å². The van der Waals surface area contributed by atoms with Crippen LogP contribution in [0.4, 0.5) is 0 Å². The first kappa shape index (κ1) is 12.0. The topological polar surface area (TPSA) is 48.1 Å². The van der Waals surface area contributed by atoms with Crippen molar-refractivity contribution in [2.75, 3.05) is 6.61 Å². The number of nitrogens with two attached hydrogens (primary N) is 1. The van der Waals surface area contributed by atoms with Crippen LogP contribution in [0.15, 0.2) is 18.3 Å². The minimum atomic E-state index is 0.532. The number of aromatic nitrogens is 1. The van der Waals surface area contributed by atoms with Crippen LogP contribution in [0.3, 0.4) is 0 Å². The summed E-state index contributed by atoms with van der Waals surface area (Å²) < 4.78 is 5.50. The highest BCUT2D eigenvalue weighted by molar-refractivity contribution is 5.17. The zero-order valence-electron chi connectivity index (χ0n) is 9.41. The Hall–Kier alpha value is -1.09. The van der Waals surface area contributed by atoms with Gasteiger partial charge in [-0.05, 0) is 12.0 Å². The lowest BCUT2D eigenvalue weighted by atomic mass is 10.2. The second kappa shape index (κ2) is 7.23. The van der Waals surface area contributed by atoms with E-state index in [-0.39, 0.29) is 0 Å². The Morgan fingerprint density at radius 3 is 2.73 bits per heavy atom. The minimum Gasteiger partial charge on any atom is -0.478 e.